The summed E-state index contributed by atoms with van der Waals surface area (Å²) in [6.07, 6.45) is -0.243. The molecular weight excluding hydrogens is 240 g/mol. The van der Waals surface area contributed by atoms with Crippen LogP contribution in [0.3, 0.4) is 0 Å². The Kier molecular flexibility index (Phi) is 4.10. The normalized spacial score (nSPS) is 26.5. The maximum atomic E-state index is 12.0. The van der Waals surface area contributed by atoms with E-state index in [1.807, 2.05) is 30.3 Å². The predicted octanol–water partition coefficient (Wildman–Crippen LogP) is 2.24. The van der Waals surface area contributed by atoms with Crippen LogP contribution in [0.15, 0.2) is 30.3 Å². The molecule has 2 N–H and O–H groups in total. The Balaban J connectivity index is 1.88. The minimum Gasteiger partial charge on any atom is -0.445 e. The van der Waals surface area contributed by atoms with E-state index >= 15 is 0 Å². The lowest BCUT2D eigenvalue weighted by molar-refractivity contribution is 0.101. The molecule has 19 heavy (non-hydrogen) atoms. The van der Waals surface area contributed by atoms with E-state index < -0.39 is 0 Å². The van der Waals surface area contributed by atoms with Crippen LogP contribution >= 0.6 is 0 Å². The van der Waals surface area contributed by atoms with E-state index in [4.69, 9.17) is 10.5 Å². The van der Waals surface area contributed by atoms with E-state index in [1.165, 1.54) is 0 Å². The highest BCUT2D eigenvalue weighted by molar-refractivity contribution is 5.68. The highest BCUT2D eigenvalue weighted by atomic mass is 16.6. The van der Waals surface area contributed by atoms with E-state index in [9.17, 15) is 4.79 Å². The maximum absolute atomic E-state index is 12.0. The topological polar surface area (TPSA) is 55.6 Å². The van der Waals surface area contributed by atoms with Gasteiger partial charge in [0.05, 0.1) is 0 Å². The van der Waals surface area contributed by atoms with E-state index in [-0.39, 0.29) is 11.5 Å². The van der Waals surface area contributed by atoms with E-state index in [0.717, 1.165) is 12.1 Å². The summed E-state index contributed by atoms with van der Waals surface area (Å²) in [7, 11) is 0. The van der Waals surface area contributed by atoms with Crippen molar-refractivity contribution in [1.82, 2.24) is 4.90 Å². The van der Waals surface area contributed by atoms with Crippen LogP contribution in [0.2, 0.25) is 0 Å². The molecule has 0 spiro atoms. The summed E-state index contributed by atoms with van der Waals surface area (Å²) in [5.41, 5.74) is 6.82. The van der Waals surface area contributed by atoms with E-state index in [0.29, 0.717) is 25.6 Å². The summed E-state index contributed by atoms with van der Waals surface area (Å²) in [6, 6.07) is 9.72. The van der Waals surface area contributed by atoms with Crippen LogP contribution in [0.25, 0.3) is 0 Å². The molecule has 1 aliphatic heterocycles. The molecule has 1 aromatic rings. The Labute approximate surface area is 114 Å². The number of hydrogen-bond acceptors (Lipinski definition) is 3. The van der Waals surface area contributed by atoms with Gasteiger partial charge in [-0.1, -0.05) is 44.2 Å². The fourth-order valence-corrected chi connectivity index (χ4v) is 2.42. The number of likely N-dealkylation sites (tertiary alicyclic amines) is 1. The third kappa shape index (κ3) is 3.07. The van der Waals surface area contributed by atoms with Crippen molar-refractivity contribution in [2.24, 2.45) is 17.1 Å². The largest absolute Gasteiger partial charge is 0.445 e. The average Bonchev–Trinajstić information content (AvgIpc) is 2.74. The smallest absolute Gasteiger partial charge is 0.410 e. The molecule has 1 aromatic carbocycles. The number of ether oxygens (including phenoxy) is 1. The lowest BCUT2D eigenvalue weighted by atomic mass is 9.81. The second-order valence-electron chi connectivity index (χ2n) is 5.68. The molecule has 4 nitrogen and oxygen atoms in total. The minimum absolute atomic E-state index is 0.00572. The summed E-state index contributed by atoms with van der Waals surface area (Å²) in [6.45, 7) is 6.58. The quantitative estimate of drug-likeness (QED) is 0.909. The van der Waals surface area contributed by atoms with Crippen LogP contribution in [0, 0.1) is 11.3 Å². The van der Waals surface area contributed by atoms with Crippen molar-refractivity contribution < 1.29 is 9.53 Å². The van der Waals surface area contributed by atoms with Crippen LogP contribution in [-0.2, 0) is 11.3 Å². The second kappa shape index (κ2) is 5.61. The van der Waals surface area contributed by atoms with Gasteiger partial charge in [-0.05, 0) is 18.0 Å². The highest BCUT2D eigenvalue weighted by Gasteiger charge is 2.41. The Hall–Kier alpha value is -1.55. The third-order valence-electron chi connectivity index (χ3n) is 4.17. The van der Waals surface area contributed by atoms with E-state index in [1.54, 1.807) is 4.90 Å². The van der Waals surface area contributed by atoms with Crippen LogP contribution in [0.4, 0.5) is 4.79 Å². The van der Waals surface area contributed by atoms with Crippen LogP contribution in [-0.4, -0.2) is 30.6 Å². The summed E-state index contributed by atoms with van der Waals surface area (Å²) in [5, 5.41) is 0. The monoisotopic (exact) mass is 262 g/mol. The number of rotatable bonds is 3. The third-order valence-corrected chi connectivity index (χ3v) is 4.17. The fourth-order valence-electron chi connectivity index (χ4n) is 2.42. The molecule has 1 fully saturated rings. The predicted molar refractivity (Wildman–Crippen MR) is 74.5 cm³/mol. The van der Waals surface area contributed by atoms with Gasteiger partial charge in [0.15, 0.2) is 0 Å². The van der Waals surface area contributed by atoms with Crippen LogP contribution in [0.5, 0.6) is 0 Å². The number of hydrogen-bond donors (Lipinski definition) is 1. The molecule has 1 heterocycles. The second-order valence-corrected chi connectivity index (χ2v) is 5.68. The Morgan fingerprint density at radius 2 is 2.16 bits per heavy atom. The van der Waals surface area contributed by atoms with Gasteiger partial charge in [-0.2, -0.15) is 0 Å². The van der Waals surface area contributed by atoms with Crippen molar-refractivity contribution in [2.45, 2.75) is 20.5 Å². The zero-order valence-corrected chi connectivity index (χ0v) is 11.6. The van der Waals surface area contributed by atoms with Crippen LogP contribution < -0.4 is 5.73 Å². The van der Waals surface area contributed by atoms with Crippen molar-refractivity contribution >= 4 is 6.09 Å². The molecule has 0 radical (unpaired) electrons. The number of benzene rings is 1. The molecule has 104 valence electrons. The molecule has 0 aliphatic carbocycles. The molecule has 4 heteroatoms. The van der Waals surface area contributed by atoms with Gasteiger partial charge in [-0.15, -0.1) is 0 Å². The Bertz CT molecular complexity index is 435. The first-order valence-corrected chi connectivity index (χ1v) is 6.71. The lowest BCUT2D eigenvalue weighted by Gasteiger charge is -2.25. The first-order valence-electron chi connectivity index (χ1n) is 6.71. The number of carbonyl (C=O) groups excluding carboxylic acids is 1. The summed E-state index contributed by atoms with van der Waals surface area (Å²) in [4.78, 5) is 13.8. The number of carbonyl (C=O) groups is 1. The molecule has 2 rings (SSSR count). The summed E-state index contributed by atoms with van der Waals surface area (Å²) < 4.78 is 5.34. The standard InChI is InChI=1S/C15H22N2O2/c1-12-8-17(11-15(12,2)10-16)14(18)19-9-13-6-4-3-5-7-13/h3-7,12H,8-11,16H2,1-2H3. The van der Waals surface area contributed by atoms with Crippen molar-refractivity contribution in [3.05, 3.63) is 35.9 Å². The van der Waals surface area contributed by atoms with Gasteiger partial charge in [0.25, 0.3) is 0 Å². The molecule has 0 aromatic heterocycles. The average molecular weight is 262 g/mol. The fraction of sp³-hybridized carbons (Fsp3) is 0.533. The maximum Gasteiger partial charge on any atom is 0.410 e. The van der Waals surface area contributed by atoms with Gasteiger partial charge in [-0.3, -0.25) is 0 Å². The zero-order chi connectivity index (χ0) is 13.9. The molecule has 1 amide bonds. The number of nitrogens with zero attached hydrogens (tertiary/aromatic N) is 1. The molecule has 0 bridgehead atoms. The zero-order valence-electron chi connectivity index (χ0n) is 11.6. The lowest BCUT2D eigenvalue weighted by Crippen LogP contribution is -2.36. The summed E-state index contributed by atoms with van der Waals surface area (Å²) in [5.74, 6) is 0.404. The van der Waals surface area contributed by atoms with Gasteiger partial charge >= 0.3 is 6.09 Å². The number of nitrogens with two attached hydrogens (primary N) is 1. The number of amides is 1. The van der Waals surface area contributed by atoms with Gasteiger partial charge in [0.1, 0.15) is 6.61 Å². The molecule has 2 unspecified atom stereocenters. The van der Waals surface area contributed by atoms with Gasteiger partial charge in [-0.25, -0.2) is 4.79 Å². The van der Waals surface area contributed by atoms with Gasteiger partial charge < -0.3 is 15.4 Å². The molecule has 0 saturated carbocycles. The molecule has 2 atom stereocenters. The molecule has 1 saturated heterocycles. The Morgan fingerprint density at radius 3 is 2.74 bits per heavy atom. The molecule has 1 aliphatic rings. The van der Waals surface area contributed by atoms with Crippen molar-refractivity contribution in [3.63, 3.8) is 0 Å². The summed E-state index contributed by atoms with van der Waals surface area (Å²) >= 11 is 0. The van der Waals surface area contributed by atoms with Crippen molar-refractivity contribution in [3.8, 4) is 0 Å². The van der Waals surface area contributed by atoms with Gasteiger partial charge in [0.2, 0.25) is 0 Å². The Morgan fingerprint density at radius 1 is 1.47 bits per heavy atom. The van der Waals surface area contributed by atoms with Crippen molar-refractivity contribution in [1.29, 1.82) is 0 Å². The minimum atomic E-state index is -0.243. The first kappa shape index (κ1) is 13.9. The van der Waals surface area contributed by atoms with Crippen molar-refractivity contribution in [2.75, 3.05) is 19.6 Å². The van der Waals surface area contributed by atoms with Gasteiger partial charge in [0, 0.05) is 18.5 Å². The first-order chi connectivity index (χ1) is 9.05. The van der Waals surface area contributed by atoms with E-state index in [2.05, 4.69) is 13.8 Å². The highest BCUT2D eigenvalue weighted by Crippen LogP contribution is 2.34. The molecular formula is C15H22N2O2. The SMILES string of the molecule is CC1CN(C(=O)OCc2ccccc2)CC1(C)CN. The van der Waals surface area contributed by atoms with Crippen LogP contribution in [0.1, 0.15) is 19.4 Å².